The average Bonchev–Trinajstić information content (AvgIpc) is 2.58. The van der Waals surface area contributed by atoms with Gasteiger partial charge in [0.1, 0.15) is 29.1 Å². The van der Waals surface area contributed by atoms with Gasteiger partial charge in [0, 0.05) is 6.54 Å². The number of halogens is 3. The lowest BCUT2D eigenvalue weighted by molar-refractivity contribution is -0.124. The molecule has 1 unspecified atom stereocenters. The van der Waals surface area contributed by atoms with Crippen LogP contribution in [0.4, 0.5) is 13.2 Å². The van der Waals surface area contributed by atoms with Gasteiger partial charge in [-0.25, -0.2) is 13.2 Å². The lowest BCUT2D eigenvalue weighted by atomic mass is 10.0. The molecule has 2 aromatic carbocycles. The summed E-state index contributed by atoms with van der Waals surface area (Å²) in [5, 5.41) is 4.99. The van der Waals surface area contributed by atoms with Crippen LogP contribution in [0, 0.1) is 23.4 Å². The van der Waals surface area contributed by atoms with Crippen molar-refractivity contribution in [3.63, 3.8) is 0 Å². The fraction of sp³-hybridized carbons (Fsp3) is 0.263. The number of carbonyl (C=O) groups is 2. The summed E-state index contributed by atoms with van der Waals surface area (Å²) in [5.74, 6) is -4.22. The highest BCUT2D eigenvalue weighted by atomic mass is 19.1. The van der Waals surface area contributed by atoms with Gasteiger partial charge in [0.25, 0.3) is 5.91 Å². The molecule has 0 fully saturated rings. The Morgan fingerprint density at radius 3 is 2.08 bits per heavy atom. The molecule has 26 heavy (non-hydrogen) atoms. The van der Waals surface area contributed by atoms with Gasteiger partial charge in [-0.15, -0.1) is 0 Å². The first-order chi connectivity index (χ1) is 12.3. The van der Waals surface area contributed by atoms with E-state index in [1.54, 1.807) is 13.8 Å². The van der Waals surface area contributed by atoms with E-state index >= 15 is 0 Å². The molecule has 0 aromatic heterocycles. The van der Waals surface area contributed by atoms with Gasteiger partial charge in [-0.1, -0.05) is 32.0 Å². The monoisotopic (exact) mass is 364 g/mol. The topological polar surface area (TPSA) is 58.2 Å². The van der Waals surface area contributed by atoms with Gasteiger partial charge < -0.3 is 10.6 Å². The van der Waals surface area contributed by atoms with Crippen LogP contribution in [0.3, 0.4) is 0 Å². The van der Waals surface area contributed by atoms with Crippen LogP contribution in [0.15, 0.2) is 42.5 Å². The molecule has 0 bridgehead atoms. The Bertz CT molecular complexity index is 772. The van der Waals surface area contributed by atoms with Crippen molar-refractivity contribution in [1.82, 2.24) is 10.6 Å². The molecule has 138 valence electrons. The van der Waals surface area contributed by atoms with Crippen LogP contribution in [0.2, 0.25) is 0 Å². The van der Waals surface area contributed by atoms with Gasteiger partial charge in [-0.3, -0.25) is 9.59 Å². The van der Waals surface area contributed by atoms with E-state index < -0.39 is 35.1 Å². The maximum atomic E-state index is 13.7. The zero-order valence-corrected chi connectivity index (χ0v) is 14.4. The summed E-state index contributed by atoms with van der Waals surface area (Å²) in [6, 6.07) is 7.68. The van der Waals surface area contributed by atoms with Crippen molar-refractivity contribution < 1.29 is 22.8 Å². The highest BCUT2D eigenvalue weighted by Crippen LogP contribution is 2.13. The number of nitrogens with one attached hydrogen (secondary N) is 2. The molecule has 2 amide bonds. The molecule has 2 rings (SSSR count). The minimum atomic E-state index is -1.00. The lowest BCUT2D eigenvalue weighted by Crippen LogP contribution is -2.49. The zero-order chi connectivity index (χ0) is 19.3. The largest absolute Gasteiger partial charge is 0.350 e. The van der Waals surface area contributed by atoms with Crippen LogP contribution in [0.5, 0.6) is 0 Å². The van der Waals surface area contributed by atoms with Crippen molar-refractivity contribution >= 4 is 11.8 Å². The maximum absolute atomic E-state index is 13.7. The molecule has 0 aliphatic carbocycles. The number of hydrogen-bond acceptors (Lipinski definition) is 2. The van der Waals surface area contributed by atoms with Gasteiger partial charge in [-0.05, 0) is 35.7 Å². The molecule has 0 radical (unpaired) electrons. The molecule has 2 N–H and O–H groups in total. The van der Waals surface area contributed by atoms with E-state index in [-0.39, 0.29) is 18.3 Å². The molecule has 0 aliphatic heterocycles. The second-order valence-electron chi connectivity index (χ2n) is 6.14. The SMILES string of the molecule is CC(C)C(NC(=O)c1c(F)cccc1F)C(=O)NCc1ccc(F)cc1. The van der Waals surface area contributed by atoms with Crippen LogP contribution in [-0.4, -0.2) is 17.9 Å². The van der Waals surface area contributed by atoms with Crippen LogP contribution < -0.4 is 10.6 Å². The third kappa shape index (κ3) is 4.84. The van der Waals surface area contributed by atoms with Crippen molar-refractivity contribution in [2.75, 3.05) is 0 Å². The molecule has 2 aromatic rings. The van der Waals surface area contributed by atoms with Gasteiger partial charge in [0.2, 0.25) is 5.91 Å². The van der Waals surface area contributed by atoms with Crippen molar-refractivity contribution in [2.24, 2.45) is 5.92 Å². The van der Waals surface area contributed by atoms with E-state index in [1.807, 2.05) is 0 Å². The average molecular weight is 364 g/mol. The Morgan fingerprint density at radius 1 is 0.962 bits per heavy atom. The molecule has 7 heteroatoms. The molecule has 0 spiro atoms. The van der Waals surface area contributed by atoms with E-state index in [0.717, 1.165) is 18.2 Å². The highest BCUT2D eigenvalue weighted by molar-refractivity contribution is 5.98. The summed E-state index contributed by atoms with van der Waals surface area (Å²) in [4.78, 5) is 24.6. The number of hydrogen-bond donors (Lipinski definition) is 2. The number of benzene rings is 2. The second kappa shape index (κ2) is 8.51. The molecule has 0 saturated heterocycles. The summed E-state index contributed by atoms with van der Waals surface area (Å²) in [6.07, 6.45) is 0. The summed E-state index contributed by atoms with van der Waals surface area (Å²) < 4.78 is 40.3. The van der Waals surface area contributed by atoms with E-state index in [1.165, 1.54) is 24.3 Å². The Kier molecular flexibility index (Phi) is 6.38. The lowest BCUT2D eigenvalue weighted by Gasteiger charge is -2.22. The Balaban J connectivity index is 2.06. The third-order valence-electron chi connectivity index (χ3n) is 3.81. The summed E-state index contributed by atoms with van der Waals surface area (Å²) >= 11 is 0. The van der Waals surface area contributed by atoms with Crippen LogP contribution in [0.1, 0.15) is 29.8 Å². The van der Waals surface area contributed by atoms with Gasteiger partial charge in [-0.2, -0.15) is 0 Å². The first-order valence-corrected chi connectivity index (χ1v) is 8.06. The standard InChI is InChI=1S/C19H19F3N2O2/c1-11(2)17(19(26)23-10-12-6-8-13(20)9-7-12)24-18(25)16-14(21)4-3-5-15(16)22/h3-9,11,17H,10H2,1-2H3,(H,23,26)(H,24,25). The van der Waals surface area contributed by atoms with Crippen LogP contribution >= 0.6 is 0 Å². The van der Waals surface area contributed by atoms with Crippen molar-refractivity contribution in [1.29, 1.82) is 0 Å². The Labute approximate surface area is 149 Å². The summed E-state index contributed by atoms with van der Waals surface area (Å²) in [7, 11) is 0. The second-order valence-corrected chi connectivity index (χ2v) is 6.14. The molecule has 0 heterocycles. The highest BCUT2D eigenvalue weighted by Gasteiger charge is 2.27. The van der Waals surface area contributed by atoms with E-state index in [9.17, 15) is 22.8 Å². The molecule has 1 atom stereocenters. The van der Waals surface area contributed by atoms with Crippen LogP contribution in [0.25, 0.3) is 0 Å². The Hall–Kier alpha value is -2.83. The molecular weight excluding hydrogens is 345 g/mol. The number of amides is 2. The Morgan fingerprint density at radius 2 is 1.54 bits per heavy atom. The molecule has 0 saturated carbocycles. The minimum absolute atomic E-state index is 0.131. The number of carbonyl (C=O) groups excluding carboxylic acids is 2. The van der Waals surface area contributed by atoms with E-state index in [4.69, 9.17) is 0 Å². The third-order valence-corrected chi connectivity index (χ3v) is 3.81. The molecule has 0 aliphatic rings. The van der Waals surface area contributed by atoms with Crippen molar-refractivity contribution in [3.8, 4) is 0 Å². The van der Waals surface area contributed by atoms with Crippen molar-refractivity contribution in [3.05, 3.63) is 71.0 Å². The first-order valence-electron chi connectivity index (χ1n) is 8.06. The van der Waals surface area contributed by atoms with Crippen LogP contribution in [-0.2, 0) is 11.3 Å². The van der Waals surface area contributed by atoms with E-state index in [0.29, 0.717) is 5.56 Å². The maximum Gasteiger partial charge on any atom is 0.257 e. The summed E-state index contributed by atoms with van der Waals surface area (Å²) in [6.45, 7) is 3.52. The quantitative estimate of drug-likeness (QED) is 0.827. The molecule has 4 nitrogen and oxygen atoms in total. The predicted octanol–water partition coefficient (Wildman–Crippen LogP) is 3.17. The normalized spacial score (nSPS) is 11.9. The minimum Gasteiger partial charge on any atom is -0.350 e. The van der Waals surface area contributed by atoms with Crippen molar-refractivity contribution in [2.45, 2.75) is 26.4 Å². The predicted molar refractivity (Wildman–Crippen MR) is 90.7 cm³/mol. The first kappa shape index (κ1) is 19.5. The fourth-order valence-corrected chi connectivity index (χ4v) is 2.36. The fourth-order valence-electron chi connectivity index (χ4n) is 2.36. The smallest absolute Gasteiger partial charge is 0.257 e. The van der Waals surface area contributed by atoms with Gasteiger partial charge in [0.05, 0.1) is 0 Å². The zero-order valence-electron chi connectivity index (χ0n) is 14.4. The van der Waals surface area contributed by atoms with Gasteiger partial charge >= 0.3 is 0 Å². The van der Waals surface area contributed by atoms with E-state index in [2.05, 4.69) is 10.6 Å². The van der Waals surface area contributed by atoms with Gasteiger partial charge in [0.15, 0.2) is 0 Å². The number of rotatable bonds is 6. The summed E-state index contributed by atoms with van der Waals surface area (Å²) in [5.41, 5.74) is -0.0572. The molecular formula is C19H19F3N2O2.